The van der Waals surface area contributed by atoms with Crippen LogP contribution in [0.15, 0.2) is 182 Å². The summed E-state index contributed by atoms with van der Waals surface area (Å²) in [5.74, 6) is 0. The van der Waals surface area contributed by atoms with Crippen molar-refractivity contribution in [3.8, 4) is 44.8 Å². The lowest BCUT2D eigenvalue weighted by molar-refractivity contribution is 0.656. The van der Waals surface area contributed by atoms with Gasteiger partial charge in [-0.25, -0.2) is 0 Å². The van der Waals surface area contributed by atoms with Crippen molar-refractivity contribution in [1.29, 1.82) is 0 Å². The normalized spacial score (nSPS) is 13.2. The van der Waals surface area contributed by atoms with Gasteiger partial charge in [0, 0.05) is 32.6 Å². The summed E-state index contributed by atoms with van der Waals surface area (Å²) in [4.78, 5) is 0. The minimum absolute atomic E-state index is 0.133. The lowest BCUT2D eigenvalue weighted by atomic mass is 9.81. The van der Waals surface area contributed by atoms with Crippen molar-refractivity contribution in [3.63, 3.8) is 0 Å². The van der Waals surface area contributed by atoms with Gasteiger partial charge >= 0.3 is 0 Å². The summed E-state index contributed by atoms with van der Waals surface area (Å²) in [6.07, 6.45) is 0. The van der Waals surface area contributed by atoms with Crippen LogP contribution in [0.1, 0.15) is 25.0 Å². The molecule has 0 amide bonds. The predicted octanol–water partition coefficient (Wildman–Crippen LogP) is 13.5. The highest BCUT2D eigenvalue weighted by molar-refractivity contribution is 6.19. The Morgan fingerprint density at radius 1 is 0.358 bits per heavy atom. The smallest absolute Gasteiger partial charge is 0.0548 e. The third-order valence-corrected chi connectivity index (χ3v) is 11.7. The molecule has 0 saturated carbocycles. The van der Waals surface area contributed by atoms with Gasteiger partial charge in [0.25, 0.3) is 0 Å². The molecular weight excluding hydrogens is 641 g/mol. The molecule has 0 bridgehead atoms. The molecule has 0 spiro atoms. The zero-order chi connectivity index (χ0) is 35.3. The van der Waals surface area contributed by atoms with E-state index in [0.29, 0.717) is 0 Å². The quantitative estimate of drug-likeness (QED) is 0.176. The summed E-state index contributed by atoms with van der Waals surface area (Å²) in [5, 5.41) is 5.03. The van der Waals surface area contributed by atoms with Gasteiger partial charge in [0.1, 0.15) is 0 Å². The molecule has 0 radical (unpaired) electrons. The first-order chi connectivity index (χ1) is 26.1. The minimum Gasteiger partial charge on any atom is -0.309 e. The van der Waals surface area contributed by atoms with Crippen molar-refractivity contribution in [3.05, 3.63) is 193 Å². The van der Waals surface area contributed by atoms with E-state index in [9.17, 15) is 0 Å². The summed E-state index contributed by atoms with van der Waals surface area (Å²) in [5.41, 5.74) is 17.5. The Bertz CT molecular complexity index is 3080. The fourth-order valence-corrected chi connectivity index (χ4v) is 9.31. The second kappa shape index (κ2) is 11.2. The zero-order valence-electron chi connectivity index (χ0n) is 29.7. The third kappa shape index (κ3) is 4.33. The highest BCUT2D eigenvalue weighted by Gasteiger charge is 2.38. The maximum absolute atomic E-state index is 2.53. The van der Waals surface area contributed by atoms with E-state index < -0.39 is 0 Å². The first kappa shape index (κ1) is 30.0. The van der Waals surface area contributed by atoms with Crippen molar-refractivity contribution in [2.45, 2.75) is 19.3 Å². The molecule has 1 aliphatic rings. The van der Waals surface area contributed by atoms with Crippen molar-refractivity contribution in [2.75, 3.05) is 0 Å². The Hall–Kier alpha value is -6.64. The third-order valence-electron chi connectivity index (χ3n) is 11.7. The van der Waals surface area contributed by atoms with Gasteiger partial charge in [0.15, 0.2) is 0 Å². The van der Waals surface area contributed by atoms with E-state index in [1.54, 1.807) is 0 Å². The molecule has 0 N–H and O–H groups in total. The maximum Gasteiger partial charge on any atom is 0.0548 e. The zero-order valence-corrected chi connectivity index (χ0v) is 29.7. The number of hydrogen-bond acceptors (Lipinski definition) is 0. The van der Waals surface area contributed by atoms with Crippen LogP contribution in [-0.2, 0) is 5.41 Å². The van der Waals surface area contributed by atoms with Gasteiger partial charge in [-0.3, -0.25) is 0 Å². The number of nitrogens with zero attached hydrogens (tertiary/aromatic N) is 2. The molecule has 0 unspecified atom stereocenters. The Morgan fingerprint density at radius 3 is 1.64 bits per heavy atom. The van der Waals surface area contributed by atoms with E-state index in [2.05, 4.69) is 205 Å². The van der Waals surface area contributed by atoms with E-state index in [1.165, 1.54) is 93.8 Å². The van der Waals surface area contributed by atoms with Gasteiger partial charge in [0.05, 0.1) is 27.8 Å². The van der Waals surface area contributed by atoms with Crippen LogP contribution in [0, 0.1) is 0 Å². The monoisotopic (exact) mass is 676 g/mol. The van der Waals surface area contributed by atoms with E-state index >= 15 is 0 Å². The van der Waals surface area contributed by atoms with E-state index in [1.807, 2.05) is 0 Å². The molecular formula is C51H36N2. The molecule has 2 aromatic heterocycles. The average Bonchev–Trinajstić information content (AvgIpc) is 3.80. The molecule has 0 atom stereocenters. The molecule has 2 nitrogen and oxygen atoms in total. The molecule has 11 rings (SSSR count). The SMILES string of the molecule is CC1(C)c2ccccc2-c2cccc(-n3c4ccccc4c4cc5c(cc43)c3ccccc3n5-c3cccc(-c4cccc(-c5ccccc5)c4)c3)c21. The molecule has 2 heterocycles. The molecule has 0 saturated heterocycles. The Kier molecular flexibility index (Phi) is 6.33. The molecule has 8 aromatic carbocycles. The van der Waals surface area contributed by atoms with Crippen LogP contribution in [0.5, 0.6) is 0 Å². The number of fused-ring (bicyclic) bond motifs is 9. The molecule has 2 heteroatoms. The Balaban J connectivity index is 1.16. The van der Waals surface area contributed by atoms with Crippen molar-refractivity contribution >= 4 is 43.6 Å². The lowest BCUT2D eigenvalue weighted by Crippen LogP contribution is -2.18. The predicted molar refractivity (Wildman–Crippen MR) is 224 cm³/mol. The van der Waals surface area contributed by atoms with Crippen LogP contribution in [0.2, 0.25) is 0 Å². The summed E-state index contributed by atoms with van der Waals surface area (Å²) in [6, 6.07) is 67.0. The van der Waals surface area contributed by atoms with Gasteiger partial charge in [-0.1, -0.05) is 147 Å². The van der Waals surface area contributed by atoms with Crippen LogP contribution in [0.3, 0.4) is 0 Å². The van der Waals surface area contributed by atoms with Crippen LogP contribution in [0.25, 0.3) is 88.4 Å². The number of aromatic nitrogens is 2. The van der Waals surface area contributed by atoms with E-state index in [0.717, 1.165) is 5.69 Å². The van der Waals surface area contributed by atoms with E-state index in [4.69, 9.17) is 0 Å². The van der Waals surface area contributed by atoms with Gasteiger partial charge in [-0.15, -0.1) is 0 Å². The van der Waals surface area contributed by atoms with Gasteiger partial charge in [0.2, 0.25) is 0 Å². The van der Waals surface area contributed by atoms with Gasteiger partial charge < -0.3 is 9.13 Å². The number of hydrogen-bond donors (Lipinski definition) is 0. The lowest BCUT2D eigenvalue weighted by Gasteiger charge is -2.25. The average molecular weight is 677 g/mol. The summed E-state index contributed by atoms with van der Waals surface area (Å²) in [7, 11) is 0. The first-order valence-corrected chi connectivity index (χ1v) is 18.5. The first-order valence-electron chi connectivity index (χ1n) is 18.5. The highest BCUT2D eigenvalue weighted by atomic mass is 15.0. The van der Waals surface area contributed by atoms with Crippen LogP contribution >= 0.6 is 0 Å². The molecule has 0 aliphatic heterocycles. The van der Waals surface area contributed by atoms with Gasteiger partial charge in [-0.05, 0) is 93.0 Å². The molecule has 53 heavy (non-hydrogen) atoms. The van der Waals surface area contributed by atoms with Crippen LogP contribution in [-0.4, -0.2) is 9.13 Å². The van der Waals surface area contributed by atoms with Crippen LogP contribution < -0.4 is 0 Å². The van der Waals surface area contributed by atoms with Crippen molar-refractivity contribution in [2.24, 2.45) is 0 Å². The molecule has 10 aromatic rings. The van der Waals surface area contributed by atoms with Crippen LogP contribution in [0.4, 0.5) is 0 Å². The largest absolute Gasteiger partial charge is 0.309 e. The number of para-hydroxylation sites is 2. The Labute approximate surface area is 308 Å². The fraction of sp³-hybridized carbons (Fsp3) is 0.0588. The molecule has 1 aliphatic carbocycles. The topological polar surface area (TPSA) is 9.86 Å². The second-order valence-electron chi connectivity index (χ2n) is 15.0. The number of benzene rings is 8. The van der Waals surface area contributed by atoms with Gasteiger partial charge in [-0.2, -0.15) is 0 Å². The highest BCUT2D eigenvalue weighted by Crippen LogP contribution is 2.52. The summed E-state index contributed by atoms with van der Waals surface area (Å²) < 4.78 is 4.99. The maximum atomic E-state index is 2.53. The fourth-order valence-electron chi connectivity index (χ4n) is 9.31. The molecule has 250 valence electrons. The standard InChI is InChI=1S/C51H36N2/c1-51(2)44-25-9-6-21-38(44)41-24-14-28-47(50(41)51)53-46-27-11-8-23-40(46)43-31-48-42(32-49(43)53)39-22-7-10-26-45(39)52(48)37-20-13-19-36(30-37)35-18-12-17-34(29-35)33-15-4-3-5-16-33/h3-32H,1-2H3. The van der Waals surface area contributed by atoms with Crippen molar-refractivity contribution < 1.29 is 0 Å². The molecule has 0 fully saturated rings. The van der Waals surface area contributed by atoms with E-state index in [-0.39, 0.29) is 5.41 Å². The van der Waals surface area contributed by atoms with Crippen molar-refractivity contribution in [1.82, 2.24) is 9.13 Å². The second-order valence-corrected chi connectivity index (χ2v) is 15.0. The minimum atomic E-state index is -0.133. The summed E-state index contributed by atoms with van der Waals surface area (Å²) >= 11 is 0. The summed E-state index contributed by atoms with van der Waals surface area (Å²) in [6.45, 7) is 4.76. The number of rotatable bonds is 4. The Morgan fingerprint density at radius 2 is 0.887 bits per heavy atom.